The van der Waals surface area contributed by atoms with Crippen LogP contribution in [-0.2, 0) is 12.8 Å². The van der Waals surface area contributed by atoms with Crippen LogP contribution in [0.3, 0.4) is 0 Å². The van der Waals surface area contributed by atoms with Crippen molar-refractivity contribution < 1.29 is 4.92 Å². The van der Waals surface area contributed by atoms with Gasteiger partial charge in [0.2, 0.25) is 0 Å². The number of rotatable bonds is 3. The maximum atomic E-state index is 10.7. The van der Waals surface area contributed by atoms with Gasteiger partial charge in [0, 0.05) is 17.2 Å². The molecule has 1 atom stereocenters. The number of aliphatic imine (C=N–C) groups is 1. The molecule has 0 radical (unpaired) electrons. The zero-order valence-corrected chi connectivity index (χ0v) is 13.5. The Morgan fingerprint density at radius 2 is 2.41 bits per heavy atom. The third-order valence-electron chi connectivity index (χ3n) is 3.73. The van der Waals surface area contributed by atoms with Crippen molar-refractivity contribution in [3.8, 4) is 6.07 Å². The van der Waals surface area contributed by atoms with Gasteiger partial charge in [-0.2, -0.15) is 5.26 Å². The van der Waals surface area contributed by atoms with Crippen LogP contribution < -0.4 is 0 Å². The van der Waals surface area contributed by atoms with E-state index in [2.05, 4.69) is 18.0 Å². The molecule has 2 aromatic heterocycles. The van der Waals surface area contributed by atoms with Crippen LogP contribution in [0.25, 0.3) is 0 Å². The lowest BCUT2D eigenvalue weighted by atomic mass is 9.89. The normalized spacial score (nSPS) is 17.4. The zero-order chi connectivity index (χ0) is 15.7. The molecule has 0 saturated heterocycles. The van der Waals surface area contributed by atoms with Gasteiger partial charge in [0.15, 0.2) is 0 Å². The van der Waals surface area contributed by atoms with E-state index in [9.17, 15) is 15.4 Å². The first-order chi connectivity index (χ1) is 10.6. The number of thiophene rings is 2. The highest BCUT2D eigenvalue weighted by atomic mass is 32.1. The monoisotopic (exact) mass is 331 g/mol. The molecule has 22 heavy (non-hydrogen) atoms. The van der Waals surface area contributed by atoms with E-state index < -0.39 is 4.92 Å². The van der Waals surface area contributed by atoms with Gasteiger partial charge in [0.05, 0.1) is 20.7 Å². The topological polar surface area (TPSA) is 79.3 Å². The summed E-state index contributed by atoms with van der Waals surface area (Å²) in [6.07, 6.45) is 4.67. The molecule has 2 heterocycles. The highest BCUT2D eigenvalue weighted by molar-refractivity contribution is 7.16. The molecule has 0 bridgehead atoms. The minimum Gasteiger partial charge on any atom is -0.258 e. The number of nitro groups is 1. The first-order valence-electron chi connectivity index (χ1n) is 6.90. The molecule has 0 aromatic carbocycles. The SMILES string of the molecule is C[C@@H]1CCc2c(sc(N=Cc3cc([N+](=O)[O-])cs3)c2C#N)C1. The van der Waals surface area contributed by atoms with Crippen LogP contribution in [0.15, 0.2) is 16.4 Å². The zero-order valence-electron chi connectivity index (χ0n) is 11.9. The molecule has 0 aliphatic heterocycles. The predicted molar refractivity (Wildman–Crippen MR) is 88.5 cm³/mol. The quantitative estimate of drug-likeness (QED) is 0.473. The largest absolute Gasteiger partial charge is 0.280 e. The molecule has 3 rings (SSSR count). The second-order valence-electron chi connectivity index (χ2n) is 5.37. The Morgan fingerprint density at radius 1 is 1.59 bits per heavy atom. The highest BCUT2D eigenvalue weighted by Gasteiger charge is 2.23. The van der Waals surface area contributed by atoms with Gasteiger partial charge in [-0.15, -0.1) is 22.7 Å². The predicted octanol–water partition coefficient (Wildman–Crippen LogP) is 4.46. The average molecular weight is 331 g/mol. The number of fused-ring (bicyclic) bond motifs is 1. The minimum atomic E-state index is -0.417. The van der Waals surface area contributed by atoms with Gasteiger partial charge in [-0.05, 0) is 30.7 Å². The van der Waals surface area contributed by atoms with E-state index in [1.54, 1.807) is 17.6 Å². The van der Waals surface area contributed by atoms with E-state index in [4.69, 9.17) is 0 Å². The van der Waals surface area contributed by atoms with Gasteiger partial charge in [-0.1, -0.05) is 6.92 Å². The van der Waals surface area contributed by atoms with Gasteiger partial charge in [0.25, 0.3) is 5.69 Å². The number of hydrogen-bond donors (Lipinski definition) is 0. The standard InChI is InChI=1S/C15H13N3O2S2/c1-9-2-3-12-13(6-16)15(22-14(12)4-9)17-7-11-5-10(8-21-11)18(19)20/h5,7-9H,2-4H2,1H3/t9-/m1/s1. The Kier molecular flexibility index (Phi) is 4.05. The summed E-state index contributed by atoms with van der Waals surface area (Å²) in [4.78, 5) is 16.7. The van der Waals surface area contributed by atoms with Crippen molar-refractivity contribution in [3.05, 3.63) is 42.4 Å². The molecule has 112 valence electrons. The molecule has 0 spiro atoms. The van der Waals surface area contributed by atoms with Crippen LogP contribution in [0.5, 0.6) is 0 Å². The lowest BCUT2D eigenvalue weighted by Gasteiger charge is -2.17. The summed E-state index contributed by atoms with van der Waals surface area (Å²) in [6, 6.07) is 3.77. The molecule has 1 aliphatic carbocycles. The van der Waals surface area contributed by atoms with Crippen molar-refractivity contribution in [2.75, 3.05) is 0 Å². The summed E-state index contributed by atoms with van der Waals surface area (Å²) in [6.45, 7) is 2.22. The smallest absolute Gasteiger partial charge is 0.258 e. The first-order valence-corrected chi connectivity index (χ1v) is 8.59. The fourth-order valence-corrected chi connectivity index (χ4v) is 4.59. The van der Waals surface area contributed by atoms with Gasteiger partial charge < -0.3 is 0 Å². The Bertz CT molecular complexity index is 798. The third kappa shape index (κ3) is 2.80. The molecule has 0 unspecified atom stereocenters. The molecule has 0 saturated carbocycles. The van der Waals surface area contributed by atoms with E-state index in [0.717, 1.165) is 34.7 Å². The number of nitriles is 1. The van der Waals surface area contributed by atoms with Gasteiger partial charge in [-0.3, -0.25) is 10.1 Å². The Labute approximate surface area is 135 Å². The Balaban J connectivity index is 1.90. The van der Waals surface area contributed by atoms with Crippen LogP contribution in [0, 0.1) is 27.4 Å². The molecule has 0 amide bonds. The van der Waals surface area contributed by atoms with E-state index in [-0.39, 0.29) is 5.69 Å². The summed E-state index contributed by atoms with van der Waals surface area (Å²) in [7, 11) is 0. The van der Waals surface area contributed by atoms with Gasteiger partial charge >= 0.3 is 0 Å². The number of hydrogen-bond acceptors (Lipinski definition) is 6. The van der Waals surface area contributed by atoms with Gasteiger partial charge in [-0.25, -0.2) is 4.99 Å². The fraction of sp³-hybridized carbons (Fsp3) is 0.333. The maximum absolute atomic E-state index is 10.7. The van der Waals surface area contributed by atoms with Crippen molar-refractivity contribution in [1.29, 1.82) is 5.26 Å². The van der Waals surface area contributed by atoms with Crippen LogP contribution in [-0.4, -0.2) is 11.1 Å². The summed E-state index contributed by atoms with van der Waals surface area (Å²) >= 11 is 2.85. The summed E-state index contributed by atoms with van der Waals surface area (Å²) in [5, 5.41) is 22.3. The Hall–Kier alpha value is -2.04. The molecular weight excluding hydrogens is 318 g/mol. The Morgan fingerprint density at radius 3 is 3.09 bits per heavy atom. The lowest BCUT2D eigenvalue weighted by molar-refractivity contribution is -0.384. The van der Waals surface area contributed by atoms with Crippen LogP contribution >= 0.6 is 22.7 Å². The average Bonchev–Trinajstić information content (AvgIpc) is 3.08. The second-order valence-corrected chi connectivity index (χ2v) is 7.39. The van der Waals surface area contributed by atoms with Crippen LogP contribution in [0.1, 0.15) is 34.2 Å². The van der Waals surface area contributed by atoms with E-state index in [1.165, 1.54) is 27.7 Å². The van der Waals surface area contributed by atoms with Crippen LogP contribution in [0.4, 0.5) is 10.7 Å². The lowest BCUT2D eigenvalue weighted by Crippen LogP contribution is -2.09. The van der Waals surface area contributed by atoms with Crippen molar-refractivity contribution in [2.24, 2.45) is 10.9 Å². The second kappa shape index (κ2) is 5.99. The van der Waals surface area contributed by atoms with Crippen molar-refractivity contribution in [2.45, 2.75) is 26.2 Å². The molecule has 0 N–H and O–H groups in total. The highest BCUT2D eigenvalue weighted by Crippen LogP contribution is 2.40. The van der Waals surface area contributed by atoms with Crippen molar-refractivity contribution in [1.82, 2.24) is 0 Å². The fourth-order valence-electron chi connectivity index (χ4n) is 2.57. The molecule has 5 nitrogen and oxygen atoms in total. The van der Waals surface area contributed by atoms with Crippen LogP contribution in [0.2, 0.25) is 0 Å². The summed E-state index contributed by atoms with van der Waals surface area (Å²) < 4.78 is 0. The summed E-state index contributed by atoms with van der Waals surface area (Å²) in [5.74, 6) is 0.648. The van der Waals surface area contributed by atoms with Crippen molar-refractivity contribution in [3.63, 3.8) is 0 Å². The summed E-state index contributed by atoms with van der Waals surface area (Å²) in [5.41, 5.74) is 1.90. The molecule has 7 heteroatoms. The third-order valence-corrected chi connectivity index (χ3v) is 5.75. The molecule has 0 fully saturated rings. The first kappa shape index (κ1) is 14.9. The molecule has 2 aromatic rings. The maximum Gasteiger partial charge on any atom is 0.280 e. The molecular formula is C15H13N3O2S2. The van der Waals surface area contributed by atoms with E-state index in [1.807, 2.05) is 0 Å². The molecule has 1 aliphatic rings. The van der Waals surface area contributed by atoms with Crippen molar-refractivity contribution >= 4 is 39.6 Å². The van der Waals surface area contributed by atoms with Gasteiger partial charge in [0.1, 0.15) is 11.1 Å². The van der Waals surface area contributed by atoms with E-state index in [0.29, 0.717) is 11.5 Å². The van der Waals surface area contributed by atoms with E-state index >= 15 is 0 Å². The number of nitrogens with zero attached hydrogens (tertiary/aromatic N) is 3. The minimum absolute atomic E-state index is 0.0752.